The first-order valence-corrected chi connectivity index (χ1v) is 6.15. The van der Waals surface area contributed by atoms with Gasteiger partial charge in [0.2, 0.25) is 5.91 Å². The van der Waals surface area contributed by atoms with E-state index in [0.717, 1.165) is 0 Å². The normalized spacial score (nSPS) is 11.4. The molecule has 0 heterocycles. The molecule has 1 unspecified atom stereocenters. The molecule has 0 fully saturated rings. The van der Waals surface area contributed by atoms with E-state index < -0.39 is 0 Å². The highest BCUT2D eigenvalue weighted by Crippen LogP contribution is 2.13. The molecule has 5 heteroatoms. The van der Waals surface area contributed by atoms with Crippen LogP contribution in [0, 0.1) is 17.2 Å². The third kappa shape index (κ3) is 5.30. The second-order valence-electron chi connectivity index (χ2n) is 4.47. The summed E-state index contributed by atoms with van der Waals surface area (Å²) in [5.74, 6) is 0.500. The minimum atomic E-state index is -0.160. The van der Waals surface area contributed by atoms with Crippen LogP contribution < -0.4 is 10.5 Å². The van der Waals surface area contributed by atoms with Crippen molar-refractivity contribution in [3.05, 3.63) is 24.3 Å². The van der Waals surface area contributed by atoms with Gasteiger partial charge in [0.1, 0.15) is 5.75 Å². The van der Waals surface area contributed by atoms with Crippen molar-refractivity contribution in [1.82, 2.24) is 4.90 Å². The maximum atomic E-state index is 11.8. The highest BCUT2D eigenvalue weighted by atomic mass is 16.5. The Morgan fingerprint density at radius 2 is 2.11 bits per heavy atom. The molecule has 102 valence electrons. The van der Waals surface area contributed by atoms with E-state index in [0.29, 0.717) is 31.0 Å². The van der Waals surface area contributed by atoms with E-state index in [9.17, 15) is 4.79 Å². The van der Waals surface area contributed by atoms with Gasteiger partial charge >= 0.3 is 0 Å². The quantitative estimate of drug-likeness (QED) is 0.790. The smallest absolute Gasteiger partial charge is 0.225 e. The van der Waals surface area contributed by atoms with Crippen molar-refractivity contribution in [2.45, 2.75) is 13.3 Å². The van der Waals surface area contributed by atoms with Gasteiger partial charge in [0.15, 0.2) is 0 Å². The molecule has 0 saturated heterocycles. The summed E-state index contributed by atoms with van der Waals surface area (Å²) in [6, 6.07) is 9.13. The molecule has 0 aliphatic carbocycles. The van der Waals surface area contributed by atoms with E-state index in [1.807, 2.05) is 0 Å². The summed E-state index contributed by atoms with van der Waals surface area (Å²) in [4.78, 5) is 13.3. The van der Waals surface area contributed by atoms with Crippen molar-refractivity contribution in [3.63, 3.8) is 0 Å². The Kier molecular flexibility index (Phi) is 5.68. The Balaban J connectivity index is 2.30. The van der Waals surface area contributed by atoms with Gasteiger partial charge in [-0.25, -0.2) is 0 Å². The molecule has 0 aliphatic rings. The molecule has 1 atom stereocenters. The van der Waals surface area contributed by atoms with Gasteiger partial charge < -0.3 is 15.4 Å². The summed E-state index contributed by atoms with van der Waals surface area (Å²) in [7, 11) is 1.69. The standard InChI is InChI=1S/C14H19N3O2/c1-11(9-15)10-17(2)14(18)7-8-19-13-5-3-12(16)4-6-13/h3-6,11H,7-8,10,16H2,1-2H3. The van der Waals surface area contributed by atoms with Gasteiger partial charge in [0.25, 0.3) is 0 Å². The van der Waals surface area contributed by atoms with Crippen LogP contribution in [0.2, 0.25) is 0 Å². The summed E-state index contributed by atoms with van der Waals surface area (Å²) >= 11 is 0. The summed E-state index contributed by atoms with van der Waals surface area (Å²) in [6.45, 7) is 2.54. The number of ether oxygens (including phenoxy) is 1. The van der Waals surface area contributed by atoms with E-state index in [2.05, 4.69) is 6.07 Å². The Hall–Kier alpha value is -2.22. The van der Waals surface area contributed by atoms with Gasteiger partial charge in [-0.2, -0.15) is 5.26 Å². The largest absolute Gasteiger partial charge is 0.493 e. The lowest BCUT2D eigenvalue weighted by molar-refractivity contribution is -0.130. The van der Waals surface area contributed by atoms with Crippen LogP contribution in [0.4, 0.5) is 5.69 Å². The second kappa shape index (κ2) is 7.27. The maximum absolute atomic E-state index is 11.8. The predicted molar refractivity (Wildman–Crippen MR) is 73.4 cm³/mol. The van der Waals surface area contributed by atoms with Crippen LogP contribution in [0.3, 0.4) is 0 Å². The lowest BCUT2D eigenvalue weighted by Crippen LogP contribution is -2.31. The number of hydrogen-bond donors (Lipinski definition) is 1. The molecule has 0 aromatic heterocycles. The molecule has 5 nitrogen and oxygen atoms in total. The van der Waals surface area contributed by atoms with Gasteiger partial charge in [-0.3, -0.25) is 4.79 Å². The molecule has 0 bridgehead atoms. The average molecular weight is 261 g/mol. The molecule has 1 amide bonds. The molecule has 0 spiro atoms. The van der Waals surface area contributed by atoms with Crippen LogP contribution in [0.15, 0.2) is 24.3 Å². The minimum absolute atomic E-state index is 0.0301. The first kappa shape index (κ1) is 14.8. The maximum Gasteiger partial charge on any atom is 0.225 e. The lowest BCUT2D eigenvalue weighted by atomic mass is 10.2. The number of nitrogen functional groups attached to an aromatic ring is 1. The Labute approximate surface area is 113 Å². The highest BCUT2D eigenvalue weighted by Gasteiger charge is 2.11. The Morgan fingerprint density at radius 3 is 2.68 bits per heavy atom. The summed E-state index contributed by atoms with van der Waals surface area (Å²) < 4.78 is 5.45. The minimum Gasteiger partial charge on any atom is -0.493 e. The predicted octanol–water partition coefficient (Wildman–Crippen LogP) is 1.66. The fraction of sp³-hybridized carbons (Fsp3) is 0.429. The van der Waals surface area contributed by atoms with Crippen LogP contribution in [0.25, 0.3) is 0 Å². The van der Waals surface area contributed by atoms with E-state index >= 15 is 0 Å². The van der Waals surface area contributed by atoms with E-state index in [1.165, 1.54) is 0 Å². The monoisotopic (exact) mass is 261 g/mol. The average Bonchev–Trinajstić information content (AvgIpc) is 2.40. The number of anilines is 1. The van der Waals surface area contributed by atoms with Crippen molar-refractivity contribution >= 4 is 11.6 Å². The zero-order chi connectivity index (χ0) is 14.3. The van der Waals surface area contributed by atoms with Gasteiger partial charge in [-0.1, -0.05) is 0 Å². The SMILES string of the molecule is CC(C#N)CN(C)C(=O)CCOc1ccc(N)cc1. The molecule has 0 saturated carbocycles. The molecule has 2 N–H and O–H groups in total. The Bertz CT molecular complexity index is 451. The number of amides is 1. The summed E-state index contributed by atoms with van der Waals surface area (Å²) in [5.41, 5.74) is 6.23. The molecular weight excluding hydrogens is 242 g/mol. The van der Waals surface area contributed by atoms with Crippen LogP contribution in [0.5, 0.6) is 5.75 Å². The molecule has 1 rings (SSSR count). The van der Waals surface area contributed by atoms with Crippen molar-refractivity contribution in [2.24, 2.45) is 5.92 Å². The van der Waals surface area contributed by atoms with Gasteiger partial charge in [0, 0.05) is 19.3 Å². The van der Waals surface area contributed by atoms with Crippen LogP contribution in [-0.4, -0.2) is 31.0 Å². The number of nitrogens with two attached hydrogens (primary N) is 1. The van der Waals surface area contributed by atoms with Crippen LogP contribution in [-0.2, 0) is 4.79 Å². The second-order valence-corrected chi connectivity index (χ2v) is 4.47. The fourth-order valence-corrected chi connectivity index (χ4v) is 1.56. The fourth-order valence-electron chi connectivity index (χ4n) is 1.56. The van der Waals surface area contributed by atoms with Crippen molar-refractivity contribution in [1.29, 1.82) is 5.26 Å². The molecule has 19 heavy (non-hydrogen) atoms. The van der Waals surface area contributed by atoms with E-state index in [4.69, 9.17) is 15.7 Å². The van der Waals surface area contributed by atoms with Crippen molar-refractivity contribution in [3.8, 4) is 11.8 Å². The molecule has 0 aliphatic heterocycles. The zero-order valence-electron chi connectivity index (χ0n) is 11.3. The van der Waals surface area contributed by atoms with E-state index in [-0.39, 0.29) is 11.8 Å². The molecule has 0 radical (unpaired) electrons. The first-order chi connectivity index (χ1) is 9.02. The van der Waals surface area contributed by atoms with Gasteiger partial charge in [-0.05, 0) is 31.2 Å². The number of rotatable bonds is 6. The van der Waals surface area contributed by atoms with Gasteiger partial charge in [0.05, 0.1) is 25.0 Å². The summed E-state index contributed by atoms with van der Waals surface area (Å²) in [5, 5.41) is 8.69. The van der Waals surface area contributed by atoms with Crippen LogP contribution in [0.1, 0.15) is 13.3 Å². The van der Waals surface area contributed by atoms with Crippen molar-refractivity contribution < 1.29 is 9.53 Å². The molecule has 1 aromatic rings. The van der Waals surface area contributed by atoms with Crippen LogP contribution >= 0.6 is 0 Å². The van der Waals surface area contributed by atoms with Crippen molar-refractivity contribution in [2.75, 3.05) is 25.9 Å². The number of benzene rings is 1. The number of nitrogens with zero attached hydrogens (tertiary/aromatic N) is 2. The third-order valence-corrected chi connectivity index (χ3v) is 2.66. The van der Waals surface area contributed by atoms with Gasteiger partial charge in [-0.15, -0.1) is 0 Å². The lowest BCUT2D eigenvalue weighted by Gasteiger charge is -2.18. The number of carbonyl (C=O) groups is 1. The topological polar surface area (TPSA) is 79.3 Å². The Morgan fingerprint density at radius 1 is 1.47 bits per heavy atom. The summed E-state index contributed by atoms with van der Waals surface area (Å²) in [6.07, 6.45) is 0.291. The number of carbonyl (C=O) groups excluding carboxylic acids is 1. The highest BCUT2D eigenvalue weighted by molar-refractivity contribution is 5.76. The molecule has 1 aromatic carbocycles. The third-order valence-electron chi connectivity index (χ3n) is 2.66. The molecular formula is C14H19N3O2. The number of nitriles is 1. The first-order valence-electron chi connectivity index (χ1n) is 6.15. The zero-order valence-corrected chi connectivity index (χ0v) is 11.3. The van der Waals surface area contributed by atoms with E-state index in [1.54, 1.807) is 43.1 Å². The number of hydrogen-bond acceptors (Lipinski definition) is 4.